The summed E-state index contributed by atoms with van der Waals surface area (Å²) in [5.41, 5.74) is 7.25. The van der Waals surface area contributed by atoms with Crippen LogP contribution in [0.4, 0.5) is 5.69 Å². The van der Waals surface area contributed by atoms with E-state index in [2.05, 4.69) is 37.2 Å². The Bertz CT molecular complexity index is 500. The number of methoxy groups -OCH3 is 1. The Kier molecular flexibility index (Phi) is 5.46. The first-order chi connectivity index (χ1) is 9.51. The summed E-state index contributed by atoms with van der Waals surface area (Å²) >= 11 is 6.90. The summed E-state index contributed by atoms with van der Waals surface area (Å²) in [6, 6.07) is 4.34. The number of benzene rings is 1. The molecule has 6 heteroatoms. The highest BCUT2D eigenvalue weighted by atomic mass is 79.9. The number of hydrogen-bond acceptors (Lipinski definition) is 4. The molecule has 0 radical (unpaired) electrons. The molecule has 110 valence electrons. The van der Waals surface area contributed by atoms with Gasteiger partial charge >= 0.3 is 5.97 Å². The van der Waals surface area contributed by atoms with E-state index in [1.165, 1.54) is 7.11 Å². The lowest BCUT2D eigenvalue weighted by atomic mass is 9.91. The van der Waals surface area contributed by atoms with E-state index in [9.17, 15) is 4.79 Å². The van der Waals surface area contributed by atoms with Crippen molar-refractivity contribution in [2.75, 3.05) is 12.4 Å². The molecule has 0 unspecified atom stereocenters. The normalized spacial score (nSPS) is 22.4. The van der Waals surface area contributed by atoms with Crippen molar-refractivity contribution < 1.29 is 9.53 Å². The van der Waals surface area contributed by atoms with Crippen LogP contribution >= 0.6 is 31.9 Å². The second-order valence-corrected chi connectivity index (χ2v) is 6.83. The number of hydrogen-bond donors (Lipinski definition) is 2. The van der Waals surface area contributed by atoms with Crippen molar-refractivity contribution in [3.05, 3.63) is 26.6 Å². The summed E-state index contributed by atoms with van der Waals surface area (Å²) in [7, 11) is 1.39. The first-order valence-corrected chi connectivity index (χ1v) is 8.19. The minimum atomic E-state index is -0.345. The number of nitrogens with two attached hydrogens (primary N) is 1. The van der Waals surface area contributed by atoms with Gasteiger partial charge in [-0.3, -0.25) is 0 Å². The lowest BCUT2D eigenvalue weighted by molar-refractivity contribution is 0.0601. The quantitative estimate of drug-likeness (QED) is 0.752. The zero-order valence-electron chi connectivity index (χ0n) is 11.3. The third-order valence-electron chi connectivity index (χ3n) is 3.58. The summed E-state index contributed by atoms with van der Waals surface area (Å²) in [6.45, 7) is 0. The monoisotopic (exact) mass is 404 g/mol. The molecule has 0 bridgehead atoms. The van der Waals surface area contributed by atoms with Gasteiger partial charge in [0.05, 0.1) is 18.4 Å². The molecule has 0 saturated heterocycles. The Morgan fingerprint density at radius 1 is 1.30 bits per heavy atom. The van der Waals surface area contributed by atoms with Gasteiger partial charge in [0.15, 0.2) is 0 Å². The standard InChI is InChI=1S/C14H18Br2N2O2/c1-20-14(19)11-6-8(15)7-12(16)13(11)18-10-4-2-9(17)3-5-10/h6-7,9-10,18H,2-5,17H2,1H3. The molecular formula is C14H18Br2N2O2. The molecule has 0 heterocycles. The SMILES string of the molecule is COC(=O)c1cc(Br)cc(Br)c1NC1CCC(N)CC1. The lowest BCUT2D eigenvalue weighted by Gasteiger charge is -2.28. The minimum Gasteiger partial charge on any atom is -0.465 e. The molecule has 1 aliphatic rings. The molecule has 0 spiro atoms. The van der Waals surface area contributed by atoms with E-state index in [0.717, 1.165) is 40.3 Å². The van der Waals surface area contributed by atoms with Crippen molar-refractivity contribution in [3.8, 4) is 0 Å². The topological polar surface area (TPSA) is 64.3 Å². The molecule has 20 heavy (non-hydrogen) atoms. The van der Waals surface area contributed by atoms with Crippen molar-refractivity contribution in [3.63, 3.8) is 0 Å². The van der Waals surface area contributed by atoms with Crippen LogP contribution in [-0.4, -0.2) is 25.2 Å². The van der Waals surface area contributed by atoms with Crippen LogP contribution in [0.25, 0.3) is 0 Å². The maximum atomic E-state index is 11.9. The van der Waals surface area contributed by atoms with Gasteiger partial charge in [-0.25, -0.2) is 4.79 Å². The van der Waals surface area contributed by atoms with Crippen LogP contribution in [0, 0.1) is 0 Å². The van der Waals surface area contributed by atoms with Gasteiger partial charge in [0.1, 0.15) is 0 Å². The summed E-state index contributed by atoms with van der Waals surface area (Å²) in [5, 5.41) is 3.46. The van der Waals surface area contributed by atoms with E-state index < -0.39 is 0 Å². The van der Waals surface area contributed by atoms with Gasteiger partial charge in [-0.1, -0.05) is 15.9 Å². The van der Waals surface area contributed by atoms with Crippen LogP contribution in [0.3, 0.4) is 0 Å². The van der Waals surface area contributed by atoms with Crippen molar-refractivity contribution in [1.29, 1.82) is 0 Å². The first-order valence-electron chi connectivity index (χ1n) is 6.60. The maximum Gasteiger partial charge on any atom is 0.340 e. The smallest absolute Gasteiger partial charge is 0.340 e. The Hall–Kier alpha value is -0.590. The van der Waals surface area contributed by atoms with Crippen LogP contribution in [-0.2, 0) is 4.74 Å². The van der Waals surface area contributed by atoms with Gasteiger partial charge in [0.25, 0.3) is 0 Å². The summed E-state index contributed by atoms with van der Waals surface area (Å²) in [4.78, 5) is 11.9. The number of rotatable bonds is 3. The maximum absolute atomic E-state index is 11.9. The second-order valence-electron chi connectivity index (χ2n) is 5.06. The van der Waals surface area contributed by atoms with Crippen molar-refractivity contribution in [2.45, 2.75) is 37.8 Å². The van der Waals surface area contributed by atoms with Gasteiger partial charge in [-0.05, 0) is 53.7 Å². The number of carbonyl (C=O) groups is 1. The van der Waals surface area contributed by atoms with Crippen LogP contribution in [0.2, 0.25) is 0 Å². The number of carbonyl (C=O) groups excluding carboxylic acids is 1. The van der Waals surface area contributed by atoms with Crippen LogP contribution < -0.4 is 11.1 Å². The fourth-order valence-electron chi connectivity index (χ4n) is 2.46. The fraction of sp³-hybridized carbons (Fsp3) is 0.500. The van der Waals surface area contributed by atoms with E-state index >= 15 is 0 Å². The summed E-state index contributed by atoms with van der Waals surface area (Å²) in [6.07, 6.45) is 4.06. The number of anilines is 1. The van der Waals surface area contributed by atoms with Crippen LogP contribution in [0.15, 0.2) is 21.1 Å². The van der Waals surface area contributed by atoms with E-state index in [4.69, 9.17) is 10.5 Å². The second kappa shape index (κ2) is 6.91. The summed E-state index contributed by atoms with van der Waals surface area (Å²) < 4.78 is 6.54. The average Bonchev–Trinajstić information content (AvgIpc) is 2.42. The largest absolute Gasteiger partial charge is 0.465 e. The third-order valence-corrected chi connectivity index (χ3v) is 4.66. The molecular weight excluding hydrogens is 388 g/mol. The Morgan fingerprint density at radius 2 is 1.95 bits per heavy atom. The summed E-state index contributed by atoms with van der Waals surface area (Å²) in [5.74, 6) is -0.345. The van der Waals surface area contributed by atoms with Crippen molar-refractivity contribution in [2.24, 2.45) is 5.73 Å². The zero-order valence-corrected chi connectivity index (χ0v) is 14.5. The van der Waals surface area contributed by atoms with Gasteiger partial charge in [-0.15, -0.1) is 0 Å². The van der Waals surface area contributed by atoms with E-state index in [1.54, 1.807) is 6.07 Å². The highest BCUT2D eigenvalue weighted by molar-refractivity contribution is 9.11. The van der Waals surface area contributed by atoms with Gasteiger partial charge in [0, 0.05) is 21.0 Å². The Labute approximate surface area is 135 Å². The van der Waals surface area contributed by atoms with Crippen LogP contribution in [0.1, 0.15) is 36.0 Å². The molecule has 0 aromatic heterocycles. The van der Waals surface area contributed by atoms with E-state index in [-0.39, 0.29) is 5.97 Å². The highest BCUT2D eigenvalue weighted by Crippen LogP contribution is 2.33. The predicted octanol–water partition coefficient (Wildman–Crippen LogP) is 3.68. The average molecular weight is 406 g/mol. The third kappa shape index (κ3) is 3.74. The number of esters is 1. The molecule has 1 aromatic rings. The molecule has 0 atom stereocenters. The number of nitrogens with one attached hydrogen (secondary N) is 1. The zero-order chi connectivity index (χ0) is 14.7. The van der Waals surface area contributed by atoms with Gasteiger partial charge in [-0.2, -0.15) is 0 Å². The number of halogens is 2. The lowest BCUT2D eigenvalue weighted by Crippen LogP contribution is -2.33. The van der Waals surface area contributed by atoms with Crippen molar-refractivity contribution >= 4 is 43.5 Å². The number of ether oxygens (including phenoxy) is 1. The molecule has 1 saturated carbocycles. The van der Waals surface area contributed by atoms with Gasteiger partial charge in [0.2, 0.25) is 0 Å². The minimum absolute atomic E-state index is 0.307. The van der Waals surface area contributed by atoms with E-state index in [1.807, 2.05) is 6.07 Å². The highest BCUT2D eigenvalue weighted by Gasteiger charge is 2.22. The molecule has 2 rings (SSSR count). The van der Waals surface area contributed by atoms with Crippen LogP contribution in [0.5, 0.6) is 0 Å². The molecule has 1 aliphatic carbocycles. The van der Waals surface area contributed by atoms with E-state index in [0.29, 0.717) is 17.6 Å². The fourth-order valence-corrected chi connectivity index (χ4v) is 3.80. The molecule has 1 fully saturated rings. The Balaban J connectivity index is 2.23. The molecule has 4 nitrogen and oxygen atoms in total. The molecule has 1 aromatic carbocycles. The van der Waals surface area contributed by atoms with Crippen molar-refractivity contribution in [1.82, 2.24) is 0 Å². The predicted molar refractivity (Wildman–Crippen MR) is 87.0 cm³/mol. The molecule has 0 amide bonds. The molecule has 3 N–H and O–H groups in total. The molecule has 0 aliphatic heterocycles. The first kappa shape index (κ1) is 15.8. The van der Waals surface area contributed by atoms with Gasteiger partial charge < -0.3 is 15.8 Å². The Morgan fingerprint density at radius 3 is 2.55 bits per heavy atom.